The van der Waals surface area contributed by atoms with Gasteiger partial charge in [0.25, 0.3) is 0 Å². The average Bonchev–Trinajstić information content (AvgIpc) is 3.12. The van der Waals surface area contributed by atoms with E-state index in [1.54, 1.807) is 5.38 Å². The highest BCUT2D eigenvalue weighted by Crippen LogP contribution is 2.26. The summed E-state index contributed by atoms with van der Waals surface area (Å²) in [6.45, 7) is -0.500. The van der Waals surface area contributed by atoms with Crippen molar-refractivity contribution in [2.24, 2.45) is 0 Å². The van der Waals surface area contributed by atoms with Crippen molar-refractivity contribution < 1.29 is 26.4 Å². The third-order valence-corrected chi connectivity index (χ3v) is 6.43. The molecule has 3 aromatic rings. The van der Waals surface area contributed by atoms with Crippen LogP contribution in [0.5, 0.6) is 0 Å². The van der Waals surface area contributed by atoms with Crippen molar-refractivity contribution in [1.29, 1.82) is 0 Å². The van der Waals surface area contributed by atoms with Crippen LogP contribution in [0.4, 0.5) is 18.3 Å². The molecule has 0 aliphatic rings. The minimum absolute atomic E-state index is 0.149. The van der Waals surface area contributed by atoms with Crippen molar-refractivity contribution in [3.05, 3.63) is 65.3 Å². The first kappa shape index (κ1) is 21.0. The number of sulfonamides is 1. The van der Waals surface area contributed by atoms with Gasteiger partial charge in [0.2, 0.25) is 15.9 Å². The van der Waals surface area contributed by atoms with Crippen LogP contribution < -0.4 is 5.32 Å². The fourth-order valence-corrected chi connectivity index (χ4v) is 4.21. The van der Waals surface area contributed by atoms with Gasteiger partial charge in [0, 0.05) is 18.0 Å². The van der Waals surface area contributed by atoms with E-state index in [0.29, 0.717) is 11.3 Å². The fraction of sp³-hybridized carbons (Fsp3) is 0.111. The zero-order valence-electron chi connectivity index (χ0n) is 14.9. The maximum atomic E-state index is 13.3. The molecule has 0 saturated heterocycles. The summed E-state index contributed by atoms with van der Waals surface area (Å²) in [4.78, 5) is 16.1. The van der Waals surface area contributed by atoms with Gasteiger partial charge >= 0.3 is 0 Å². The smallest absolute Gasteiger partial charge is 0.243 e. The van der Waals surface area contributed by atoms with E-state index in [1.807, 2.05) is 0 Å². The Labute approximate surface area is 168 Å². The molecule has 0 bridgehead atoms. The number of nitrogens with one attached hydrogen (secondary N) is 1. The highest BCUT2D eigenvalue weighted by atomic mass is 32.2. The lowest BCUT2D eigenvalue weighted by molar-refractivity contribution is -0.116. The second-order valence-corrected chi connectivity index (χ2v) is 8.83. The molecule has 0 radical (unpaired) electrons. The van der Waals surface area contributed by atoms with Crippen molar-refractivity contribution >= 4 is 32.4 Å². The molecule has 2 aromatic carbocycles. The van der Waals surface area contributed by atoms with E-state index in [-0.39, 0.29) is 10.0 Å². The molecule has 3 rings (SSSR count). The van der Waals surface area contributed by atoms with Crippen molar-refractivity contribution in [2.45, 2.75) is 4.90 Å². The van der Waals surface area contributed by atoms with Gasteiger partial charge in [-0.3, -0.25) is 4.79 Å². The summed E-state index contributed by atoms with van der Waals surface area (Å²) in [5, 5.41) is 4.17. The highest BCUT2D eigenvalue weighted by molar-refractivity contribution is 7.89. The quantitative estimate of drug-likeness (QED) is 0.635. The number of thiazole rings is 1. The van der Waals surface area contributed by atoms with Gasteiger partial charge in [-0.05, 0) is 42.5 Å². The number of halogens is 3. The molecule has 0 aliphatic carbocycles. The van der Waals surface area contributed by atoms with Crippen LogP contribution in [0.25, 0.3) is 11.3 Å². The van der Waals surface area contributed by atoms with Gasteiger partial charge in [0.05, 0.1) is 17.1 Å². The van der Waals surface area contributed by atoms with E-state index in [9.17, 15) is 26.4 Å². The standard InChI is InChI=1S/C18H14F3N3O3S2/c1-24(29(26,27)13-5-3-12(19)4-6-13)9-17(25)23-18-22-16(10-28-18)11-2-7-14(20)15(21)8-11/h2-8,10H,9H2,1H3,(H,22,23,25). The van der Waals surface area contributed by atoms with Crippen LogP contribution in [0.3, 0.4) is 0 Å². The third kappa shape index (κ3) is 4.81. The summed E-state index contributed by atoms with van der Waals surface area (Å²) in [5.74, 6) is -3.23. The minimum Gasteiger partial charge on any atom is -0.301 e. The van der Waals surface area contributed by atoms with Gasteiger partial charge in [0.15, 0.2) is 16.8 Å². The lowest BCUT2D eigenvalue weighted by Gasteiger charge is -2.16. The van der Waals surface area contributed by atoms with Crippen molar-refractivity contribution in [3.8, 4) is 11.3 Å². The zero-order chi connectivity index (χ0) is 21.2. The van der Waals surface area contributed by atoms with E-state index in [0.717, 1.165) is 52.0 Å². The van der Waals surface area contributed by atoms with E-state index < -0.39 is 39.9 Å². The van der Waals surface area contributed by atoms with Gasteiger partial charge in [0.1, 0.15) is 5.82 Å². The van der Waals surface area contributed by atoms with Crippen molar-refractivity contribution in [3.63, 3.8) is 0 Å². The van der Waals surface area contributed by atoms with Crippen LogP contribution in [0.2, 0.25) is 0 Å². The normalized spacial score (nSPS) is 11.6. The minimum atomic E-state index is -3.98. The van der Waals surface area contributed by atoms with Crippen LogP contribution in [-0.2, 0) is 14.8 Å². The molecule has 152 valence electrons. The number of aromatic nitrogens is 1. The summed E-state index contributed by atoms with van der Waals surface area (Å²) in [5.41, 5.74) is 0.660. The number of anilines is 1. The van der Waals surface area contributed by atoms with E-state index in [1.165, 1.54) is 13.1 Å². The molecule has 1 aromatic heterocycles. The molecular weight excluding hydrogens is 427 g/mol. The largest absolute Gasteiger partial charge is 0.301 e. The average molecular weight is 441 g/mol. The van der Waals surface area contributed by atoms with Gasteiger partial charge in [-0.25, -0.2) is 26.6 Å². The first-order valence-electron chi connectivity index (χ1n) is 8.09. The Bertz CT molecular complexity index is 1150. The predicted octanol–water partition coefficient (Wildman–Crippen LogP) is 3.49. The molecule has 0 atom stereocenters. The van der Waals surface area contributed by atoms with Crippen LogP contribution in [0.1, 0.15) is 0 Å². The topological polar surface area (TPSA) is 79.4 Å². The van der Waals surface area contributed by atoms with Crippen LogP contribution in [0, 0.1) is 17.5 Å². The predicted molar refractivity (Wildman–Crippen MR) is 102 cm³/mol. The van der Waals surface area contributed by atoms with E-state index in [4.69, 9.17) is 0 Å². The number of likely N-dealkylation sites (N-methyl/N-ethyl adjacent to an activating group) is 1. The highest BCUT2D eigenvalue weighted by Gasteiger charge is 2.23. The Hall–Kier alpha value is -2.76. The van der Waals surface area contributed by atoms with Crippen molar-refractivity contribution in [2.75, 3.05) is 18.9 Å². The lowest BCUT2D eigenvalue weighted by atomic mass is 10.2. The fourth-order valence-electron chi connectivity index (χ4n) is 2.35. The number of amides is 1. The Morgan fingerprint density at radius 2 is 1.79 bits per heavy atom. The molecule has 0 fully saturated rings. The summed E-state index contributed by atoms with van der Waals surface area (Å²) in [6, 6.07) is 7.53. The van der Waals surface area contributed by atoms with Crippen molar-refractivity contribution in [1.82, 2.24) is 9.29 Å². The molecule has 0 aliphatic heterocycles. The lowest BCUT2D eigenvalue weighted by Crippen LogP contribution is -2.34. The van der Waals surface area contributed by atoms with Gasteiger partial charge in [-0.15, -0.1) is 11.3 Å². The number of nitrogens with zero attached hydrogens (tertiary/aromatic N) is 2. The first-order chi connectivity index (χ1) is 13.7. The van der Waals surface area contributed by atoms with E-state index >= 15 is 0 Å². The zero-order valence-corrected chi connectivity index (χ0v) is 16.5. The van der Waals surface area contributed by atoms with Crippen LogP contribution in [-0.4, -0.2) is 37.2 Å². The Kier molecular flexibility index (Phi) is 6.01. The number of benzene rings is 2. The number of hydrogen-bond donors (Lipinski definition) is 1. The number of carbonyl (C=O) groups excluding carboxylic acids is 1. The molecule has 1 N–H and O–H groups in total. The molecular formula is C18H14F3N3O3S2. The maximum Gasteiger partial charge on any atom is 0.243 e. The Morgan fingerprint density at radius 3 is 2.45 bits per heavy atom. The van der Waals surface area contributed by atoms with Crippen LogP contribution >= 0.6 is 11.3 Å². The molecule has 11 heteroatoms. The first-order valence-corrected chi connectivity index (χ1v) is 10.4. The van der Waals surface area contributed by atoms with Gasteiger partial charge in [-0.1, -0.05) is 0 Å². The summed E-state index contributed by atoms with van der Waals surface area (Å²) < 4.78 is 65.0. The summed E-state index contributed by atoms with van der Waals surface area (Å²) in [6.07, 6.45) is 0. The Balaban J connectivity index is 1.67. The molecule has 0 unspecified atom stereocenters. The second kappa shape index (κ2) is 8.31. The number of carbonyl (C=O) groups is 1. The SMILES string of the molecule is CN(CC(=O)Nc1nc(-c2ccc(F)c(F)c2)cs1)S(=O)(=O)c1ccc(F)cc1. The molecule has 1 amide bonds. The van der Waals surface area contributed by atoms with Gasteiger partial charge < -0.3 is 5.32 Å². The number of hydrogen-bond acceptors (Lipinski definition) is 5. The molecule has 0 spiro atoms. The molecule has 1 heterocycles. The molecule has 0 saturated carbocycles. The number of rotatable bonds is 6. The van der Waals surface area contributed by atoms with Crippen LogP contribution in [0.15, 0.2) is 52.7 Å². The van der Waals surface area contributed by atoms with E-state index in [2.05, 4.69) is 10.3 Å². The summed E-state index contributed by atoms with van der Waals surface area (Å²) in [7, 11) is -2.76. The monoisotopic (exact) mass is 441 g/mol. The molecule has 6 nitrogen and oxygen atoms in total. The van der Waals surface area contributed by atoms with Gasteiger partial charge in [-0.2, -0.15) is 4.31 Å². The third-order valence-electron chi connectivity index (χ3n) is 3.85. The summed E-state index contributed by atoms with van der Waals surface area (Å²) >= 11 is 1.05. The second-order valence-electron chi connectivity index (χ2n) is 5.93. The Morgan fingerprint density at radius 1 is 1.10 bits per heavy atom. The maximum absolute atomic E-state index is 13.3. The molecule has 29 heavy (non-hydrogen) atoms.